The molecule has 0 radical (unpaired) electrons. The number of nitrogens with one attached hydrogen (secondary N) is 1. The van der Waals surface area contributed by atoms with E-state index in [1.165, 1.54) is 4.31 Å². The highest BCUT2D eigenvalue weighted by molar-refractivity contribution is 7.89. The number of halogens is 1. The Kier molecular flexibility index (Phi) is 7.86. The zero-order chi connectivity index (χ0) is 25.2. The molecule has 0 fully saturated rings. The fraction of sp³-hybridized carbons (Fsp3) is 0.296. The molecule has 3 aromatic carbocycles. The molecule has 0 bridgehead atoms. The molecule has 0 saturated heterocycles. The summed E-state index contributed by atoms with van der Waals surface area (Å²) >= 11 is 6.01. The Morgan fingerprint density at radius 1 is 0.824 bits per heavy atom. The van der Waals surface area contributed by atoms with Crippen LogP contribution in [0.3, 0.4) is 0 Å². The summed E-state index contributed by atoms with van der Waals surface area (Å²) in [6, 6.07) is 14.6. The van der Waals surface area contributed by atoms with Crippen LogP contribution in [0.1, 0.15) is 38.9 Å². The molecule has 34 heavy (non-hydrogen) atoms. The van der Waals surface area contributed by atoms with Crippen LogP contribution in [0.15, 0.2) is 53.4 Å². The lowest BCUT2D eigenvalue weighted by atomic mass is 10.1. The third-order valence-corrected chi connectivity index (χ3v) is 8.09. The van der Waals surface area contributed by atoms with Gasteiger partial charge in [0, 0.05) is 17.3 Å². The minimum absolute atomic E-state index is 0.0472. The maximum absolute atomic E-state index is 13.8. The molecule has 180 valence electrons. The lowest BCUT2D eigenvalue weighted by molar-refractivity contribution is -0.116. The topological polar surface area (TPSA) is 66.5 Å². The van der Waals surface area contributed by atoms with Crippen LogP contribution in [0.5, 0.6) is 0 Å². The van der Waals surface area contributed by atoms with Crippen molar-refractivity contribution in [1.29, 1.82) is 0 Å². The van der Waals surface area contributed by atoms with Crippen molar-refractivity contribution >= 4 is 33.2 Å². The summed E-state index contributed by atoms with van der Waals surface area (Å²) in [6.07, 6.45) is 0. The van der Waals surface area contributed by atoms with Crippen LogP contribution in [0.2, 0.25) is 5.02 Å². The van der Waals surface area contributed by atoms with Gasteiger partial charge in [0.2, 0.25) is 15.9 Å². The first-order valence-electron chi connectivity index (χ1n) is 11.1. The van der Waals surface area contributed by atoms with Gasteiger partial charge in [-0.1, -0.05) is 59.1 Å². The van der Waals surface area contributed by atoms with Gasteiger partial charge in [0.25, 0.3) is 0 Å². The number of amides is 1. The van der Waals surface area contributed by atoms with E-state index in [-0.39, 0.29) is 18.0 Å². The first kappa shape index (κ1) is 25.9. The summed E-state index contributed by atoms with van der Waals surface area (Å²) < 4.78 is 28.9. The summed E-state index contributed by atoms with van der Waals surface area (Å²) in [5.74, 6) is -0.394. The van der Waals surface area contributed by atoms with Crippen molar-refractivity contribution in [1.82, 2.24) is 4.31 Å². The SMILES string of the molecule is Cc1cc(C)c(NC(=O)CN(Cc2ccc(Cl)cc2)S(=O)(=O)c2c(C)cc(C)cc2C)c(C)c1. The van der Waals surface area contributed by atoms with Crippen molar-refractivity contribution in [2.75, 3.05) is 11.9 Å². The minimum atomic E-state index is -3.96. The molecule has 5 nitrogen and oxygen atoms in total. The molecule has 0 atom stereocenters. The van der Waals surface area contributed by atoms with Crippen molar-refractivity contribution in [3.05, 3.63) is 92.5 Å². The van der Waals surface area contributed by atoms with Crippen molar-refractivity contribution in [2.45, 2.75) is 53.0 Å². The Morgan fingerprint density at radius 3 is 1.79 bits per heavy atom. The third kappa shape index (κ3) is 5.87. The summed E-state index contributed by atoms with van der Waals surface area (Å²) in [5, 5.41) is 3.49. The number of sulfonamides is 1. The van der Waals surface area contributed by atoms with E-state index in [1.807, 2.05) is 52.0 Å². The molecule has 0 spiro atoms. The molecule has 7 heteroatoms. The van der Waals surface area contributed by atoms with E-state index >= 15 is 0 Å². The molecular formula is C27H31ClN2O3S. The smallest absolute Gasteiger partial charge is 0.244 e. The van der Waals surface area contributed by atoms with Crippen LogP contribution in [0, 0.1) is 41.5 Å². The minimum Gasteiger partial charge on any atom is -0.324 e. The Balaban J connectivity index is 1.99. The molecular weight excluding hydrogens is 468 g/mol. The second-order valence-electron chi connectivity index (χ2n) is 8.95. The monoisotopic (exact) mass is 498 g/mol. The zero-order valence-corrected chi connectivity index (χ0v) is 22.1. The number of carbonyl (C=O) groups excluding carboxylic acids is 1. The predicted molar refractivity (Wildman–Crippen MR) is 139 cm³/mol. The Morgan fingerprint density at radius 2 is 1.29 bits per heavy atom. The highest BCUT2D eigenvalue weighted by Crippen LogP contribution is 2.27. The molecule has 1 N–H and O–H groups in total. The van der Waals surface area contributed by atoms with Crippen LogP contribution in [0.4, 0.5) is 5.69 Å². The van der Waals surface area contributed by atoms with E-state index in [9.17, 15) is 13.2 Å². The van der Waals surface area contributed by atoms with Crippen LogP contribution < -0.4 is 5.32 Å². The van der Waals surface area contributed by atoms with Crippen molar-refractivity contribution in [3.63, 3.8) is 0 Å². The van der Waals surface area contributed by atoms with Crippen LogP contribution >= 0.6 is 11.6 Å². The molecule has 3 aromatic rings. The van der Waals surface area contributed by atoms with Gasteiger partial charge < -0.3 is 5.32 Å². The predicted octanol–water partition coefficient (Wildman–Crippen LogP) is 6.02. The maximum Gasteiger partial charge on any atom is 0.244 e. The normalized spacial score (nSPS) is 11.6. The maximum atomic E-state index is 13.8. The van der Waals surface area contributed by atoms with Gasteiger partial charge in [-0.15, -0.1) is 0 Å². The molecule has 0 unspecified atom stereocenters. The van der Waals surface area contributed by atoms with E-state index in [0.717, 1.165) is 27.8 Å². The second-order valence-corrected chi connectivity index (χ2v) is 11.3. The van der Waals surface area contributed by atoms with Crippen molar-refractivity contribution in [2.24, 2.45) is 0 Å². The molecule has 0 saturated carbocycles. The standard InChI is InChI=1S/C27H31ClN2O3S/c1-17-11-19(3)26(20(4)12-17)29-25(31)16-30(15-23-7-9-24(28)10-8-23)34(32,33)27-21(5)13-18(2)14-22(27)6/h7-14H,15-16H2,1-6H3,(H,29,31). The van der Waals surface area contributed by atoms with Crippen molar-refractivity contribution in [3.8, 4) is 0 Å². The lowest BCUT2D eigenvalue weighted by Crippen LogP contribution is -2.38. The van der Waals surface area contributed by atoms with E-state index in [0.29, 0.717) is 21.8 Å². The fourth-order valence-electron chi connectivity index (χ4n) is 4.44. The van der Waals surface area contributed by atoms with Gasteiger partial charge >= 0.3 is 0 Å². The average Bonchev–Trinajstić information content (AvgIpc) is 2.70. The Bertz CT molecular complexity index is 1290. The van der Waals surface area contributed by atoms with Gasteiger partial charge in [0.15, 0.2) is 0 Å². The highest BCUT2D eigenvalue weighted by atomic mass is 35.5. The Hall–Kier alpha value is -2.67. The number of carbonyl (C=O) groups is 1. The first-order chi connectivity index (χ1) is 15.9. The Labute approximate surface area is 207 Å². The summed E-state index contributed by atoms with van der Waals surface area (Å²) in [4.78, 5) is 13.4. The van der Waals surface area contributed by atoms with Crippen LogP contribution in [-0.4, -0.2) is 25.2 Å². The van der Waals surface area contributed by atoms with Crippen molar-refractivity contribution < 1.29 is 13.2 Å². The molecule has 0 heterocycles. The van der Waals surface area contributed by atoms with Crippen LogP contribution in [-0.2, 0) is 21.4 Å². The fourth-order valence-corrected chi connectivity index (χ4v) is 6.36. The molecule has 0 aliphatic carbocycles. The quantitative estimate of drug-likeness (QED) is 0.433. The number of benzene rings is 3. The third-order valence-electron chi connectivity index (χ3n) is 5.74. The molecule has 1 amide bonds. The largest absolute Gasteiger partial charge is 0.324 e. The van der Waals surface area contributed by atoms with Gasteiger partial charge in [0.05, 0.1) is 11.4 Å². The number of rotatable bonds is 7. The number of anilines is 1. The second kappa shape index (κ2) is 10.3. The number of nitrogens with zero attached hydrogens (tertiary/aromatic N) is 1. The molecule has 3 rings (SSSR count). The van der Waals surface area contributed by atoms with E-state index in [4.69, 9.17) is 11.6 Å². The molecule has 0 aromatic heterocycles. The van der Waals surface area contributed by atoms with Gasteiger partial charge in [-0.2, -0.15) is 4.31 Å². The van der Waals surface area contributed by atoms with E-state index in [2.05, 4.69) is 5.32 Å². The van der Waals surface area contributed by atoms with Gasteiger partial charge in [-0.25, -0.2) is 8.42 Å². The van der Waals surface area contributed by atoms with E-state index in [1.54, 1.807) is 38.1 Å². The number of hydrogen-bond acceptors (Lipinski definition) is 3. The summed E-state index contributed by atoms with van der Waals surface area (Å²) in [5.41, 5.74) is 6.72. The molecule has 0 aliphatic heterocycles. The summed E-state index contributed by atoms with van der Waals surface area (Å²) in [6.45, 7) is 11.1. The zero-order valence-electron chi connectivity index (χ0n) is 20.5. The average molecular weight is 499 g/mol. The van der Waals surface area contributed by atoms with Crippen LogP contribution in [0.25, 0.3) is 0 Å². The highest BCUT2D eigenvalue weighted by Gasteiger charge is 2.30. The number of aryl methyl sites for hydroxylation is 6. The summed E-state index contributed by atoms with van der Waals surface area (Å²) in [7, 11) is -3.96. The van der Waals surface area contributed by atoms with Gasteiger partial charge in [-0.05, 0) is 81.5 Å². The molecule has 0 aliphatic rings. The van der Waals surface area contributed by atoms with E-state index < -0.39 is 15.9 Å². The van der Waals surface area contributed by atoms with Gasteiger partial charge in [0.1, 0.15) is 0 Å². The number of hydrogen-bond donors (Lipinski definition) is 1. The van der Waals surface area contributed by atoms with Gasteiger partial charge in [-0.3, -0.25) is 4.79 Å². The lowest BCUT2D eigenvalue weighted by Gasteiger charge is -2.25. The first-order valence-corrected chi connectivity index (χ1v) is 12.9.